The fourth-order valence-electron chi connectivity index (χ4n) is 4.02. The number of likely N-dealkylation sites (N-methyl/N-ethyl adjacent to an activating group) is 1. The molecule has 0 bridgehead atoms. The molecule has 1 aliphatic rings. The monoisotopic (exact) mass is 408 g/mol. The van der Waals surface area contributed by atoms with Crippen molar-refractivity contribution in [2.45, 2.75) is 26.7 Å². The Balaban J connectivity index is 1.66. The first-order valence-corrected chi connectivity index (χ1v) is 10.8. The standard InChI is InChI=1S/C24H32N4O2/c1-16(2)5-6-17-13-19(22(29)15-23(17)30-4)24-25-20-8-7-18(14-21(20)26-24)28-11-9-27(3)10-12-28/h7-8,13-16,29H,5-6,9-12H2,1-4H3,(H,25,26). The van der Waals surface area contributed by atoms with Gasteiger partial charge in [0.15, 0.2) is 0 Å². The van der Waals surface area contributed by atoms with Crippen LogP contribution in [0.1, 0.15) is 25.8 Å². The van der Waals surface area contributed by atoms with Crippen LogP contribution in [-0.4, -0.2) is 60.3 Å². The van der Waals surface area contributed by atoms with Crippen molar-refractivity contribution in [1.82, 2.24) is 14.9 Å². The molecule has 2 aromatic carbocycles. The zero-order valence-corrected chi connectivity index (χ0v) is 18.4. The summed E-state index contributed by atoms with van der Waals surface area (Å²) in [4.78, 5) is 12.9. The number of piperazine rings is 1. The quantitative estimate of drug-likeness (QED) is 0.637. The van der Waals surface area contributed by atoms with E-state index >= 15 is 0 Å². The van der Waals surface area contributed by atoms with Gasteiger partial charge in [-0.15, -0.1) is 0 Å². The largest absolute Gasteiger partial charge is 0.507 e. The molecule has 30 heavy (non-hydrogen) atoms. The SMILES string of the molecule is COc1cc(O)c(-c2nc3ccc(N4CCN(C)CC4)cc3[nH]2)cc1CCC(C)C. The Bertz CT molecular complexity index is 1020. The van der Waals surface area contributed by atoms with E-state index in [0.717, 1.165) is 61.4 Å². The highest BCUT2D eigenvalue weighted by atomic mass is 16.5. The summed E-state index contributed by atoms with van der Waals surface area (Å²) in [6.45, 7) is 8.63. The van der Waals surface area contributed by atoms with Gasteiger partial charge in [0, 0.05) is 37.9 Å². The maximum Gasteiger partial charge on any atom is 0.142 e. The van der Waals surface area contributed by atoms with Gasteiger partial charge in [0.2, 0.25) is 0 Å². The molecule has 0 aliphatic carbocycles. The molecule has 1 aromatic heterocycles. The number of nitrogens with one attached hydrogen (secondary N) is 1. The first-order chi connectivity index (χ1) is 14.4. The highest BCUT2D eigenvalue weighted by Gasteiger charge is 2.17. The van der Waals surface area contributed by atoms with Gasteiger partial charge in [-0.2, -0.15) is 0 Å². The Kier molecular flexibility index (Phi) is 5.86. The van der Waals surface area contributed by atoms with Gasteiger partial charge >= 0.3 is 0 Å². The molecule has 0 saturated carbocycles. The summed E-state index contributed by atoms with van der Waals surface area (Å²) in [7, 11) is 3.81. The van der Waals surface area contributed by atoms with Crippen molar-refractivity contribution in [3.63, 3.8) is 0 Å². The molecule has 0 atom stereocenters. The summed E-state index contributed by atoms with van der Waals surface area (Å²) in [5.41, 5.74) is 4.91. The summed E-state index contributed by atoms with van der Waals surface area (Å²) in [5, 5.41) is 10.6. The number of benzene rings is 2. The third kappa shape index (κ3) is 4.24. The van der Waals surface area contributed by atoms with Crippen molar-refractivity contribution in [2.75, 3.05) is 45.2 Å². The minimum atomic E-state index is 0.179. The summed E-state index contributed by atoms with van der Waals surface area (Å²) >= 11 is 0. The number of anilines is 1. The van der Waals surface area contributed by atoms with E-state index < -0.39 is 0 Å². The third-order valence-corrected chi connectivity index (χ3v) is 5.98. The molecule has 0 radical (unpaired) electrons. The van der Waals surface area contributed by atoms with Gasteiger partial charge in [-0.25, -0.2) is 4.98 Å². The maximum atomic E-state index is 10.6. The van der Waals surface area contributed by atoms with Crippen LogP contribution in [-0.2, 0) is 6.42 Å². The Morgan fingerprint density at radius 3 is 2.60 bits per heavy atom. The van der Waals surface area contributed by atoms with Crippen LogP contribution in [0.5, 0.6) is 11.5 Å². The number of methoxy groups -OCH3 is 1. The highest BCUT2D eigenvalue weighted by molar-refractivity contribution is 5.84. The summed E-state index contributed by atoms with van der Waals surface area (Å²) in [6, 6.07) is 10.1. The van der Waals surface area contributed by atoms with Crippen LogP contribution in [0.25, 0.3) is 22.4 Å². The number of hydrogen-bond acceptors (Lipinski definition) is 5. The molecule has 1 aliphatic heterocycles. The number of rotatable bonds is 6. The number of phenols is 1. The number of phenolic OH excluding ortho intramolecular Hbond substituents is 1. The molecule has 6 heteroatoms. The van der Waals surface area contributed by atoms with Crippen LogP contribution in [0.4, 0.5) is 5.69 Å². The lowest BCUT2D eigenvalue weighted by molar-refractivity contribution is 0.313. The lowest BCUT2D eigenvalue weighted by Gasteiger charge is -2.34. The number of H-pyrrole nitrogens is 1. The van der Waals surface area contributed by atoms with Gasteiger partial charge in [0.05, 0.1) is 23.7 Å². The van der Waals surface area contributed by atoms with E-state index in [9.17, 15) is 5.11 Å². The van der Waals surface area contributed by atoms with E-state index in [4.69, 9.17) is 9.72 Å². The normalized spacial score (nSPS) is 15.3. The van der Waals surface area contributed by atoms with E-state index in [1.54, 1.807) is 13.2 Å². The zero-order valence-electron chi connectivity index (χ0n) is 18.4. The molecule has 1 fully saturated rings. The fourth-order valence-corrected chi connectivity index (χ4v) is 4.02. The van der Waals surface area contributed by atoms with E-state index in [0.29, 0.717) is 17.3 Å². The number of aromatic nitrogens is 2. The number of imidazole rings is 1. The van der Waals surface area contributed by atoms with Crippen molar-refractivity contribution in [3.05, 3.63) is 35.9 Å². The van der Waals surface area contributed by atoms with Crippen molar-refractivity contribution >= 4 is 16.7 Å². The molecule has 0 spiro atoms. The minimum Gasteiger partial charge on any atom is -0.507 e. The lowest BCUT2D eigenvalue weighted by atomic mass is 9.99. The van der Waals surface area contributed by atoms with E-state index in [1.807, 2.05) is 6.07 Å². The second-order valence-corrected chi connectivity index (χ2v) is 8.69. The Hall–Kier alpha value is -2.73. The minimum absolute atomic E-state index is 0.179. The van der Waals surface area contributed by atoms with Crippen LogP contribution in [0, 0.1) is 5.92 Å². The maximum absolute atomic E-state index is 10.6. The smallest absolute Gasteiger partial charge is 0.142 e. The van der Waals surface area contributed by atoms with Crippen molar-refractivity contribution < 1.29 is 9.84 Å². The molecule has 0 amide bonds. The third-order valence-electron chi connectivity index (χ3n) is 5.98. The second kappa shape index (κ2) is 8.56. The number of fused-ring (bicyclic) bond motifs is 1. The summed E-state index contributed by atoms with van der Waals surface area (Å²) in [5.74, 6) is 2.20. The molecule has 0 unspecified atom stereocenters. The van der Waals surface area contributed by atoms with Crippen LogP contribution in [0.15, 0.2) is 30.3 Å². The Labute approximate surface area is 178 Å². The predicted molar refractivity (Wildman–Crippen MR) is 123 cm³/mol. The van der Waals surface area contributed by atoms with Gasteiger partial charge in [-0.3, -0.25) is 0 Å². The van der Waals surface area contributed by atoms with E-state index in [2.05, 4.69) is 53.9 Å². The summed E-state index contributed by atoms with van der Waals surface area (Å²) in [6.07, 6.45) is 1.97. The number of ether oxygens (including phenoxy) is 1. The first kappa shape index (κ1) is 20.5. The molecule has 4 rings (SSSR count). The molecule has 2 N–H and O–H groups in total. The van der Waals surface area contributed by atoms with Gasteiger partial charge in [0.25, 0.3) is 0 Å². The number of aryl methyl sites for hydroxylation is 1. The first-order valence-electron chi connectivity index (χ1n) is 10.8. The molecule has 6 nitrogen and oxygen atoms in total. The van der Waals surface area contributed by atoms with Gasteiger partial charge in [-0.05, 0) is 55.6 Å². The predicted octanol–water partition coefficient (Wildman–Crippen LogP) is 4.28. The van der Waals surface area contributed by atoms with Crippen LogP contribution in [0.3, 0.4) is 0 Å². The van der Waals surface area contributed by atoms with Crippen LogP contribution >= 0.6 is 0 Å². The molecule has 1 saturated heterocycles. The second-order valence-electron chi connectivity index (χ2n) is 8.69. The molecule has 3 aromatic rings. The average Bonchev–Trinajstić information content (AvgIpc) is 3.16. The fraction of sp³-hybridized carbons (Fsp3) is 0.458. The molecular formula is C24H32N4O2. The number of aromatic amines is 1. The van der Waals surface area contributed by atoms with Crippen molar-refractivity contribution in [2.24, 2.45) is 5.92 Å². The summed E-state index contributed by atoms with van der Waals surface area (Å²) < 4.78 is 5.50. The van der Waals surface area contributed by atoms with Gasteiger partial charge < -0.3 is 24.6 Å². The lowest BCUT2D eigenvalue weighted by Crippen LogP contribution is -2.44. The molecule has 160 valence electrons. The van der Waals surface area contributed by atoms with Crippen LogP contribution in [0.2, 0.25) is 0 Å². The molecular weight excluding hydrogens is 376 g/mol. The van der Waals surface area contributed by atoms with Gasteiger partial charge in [0.1, 0.15) is 17.3 Å². The van der Waals surface area contributed by atoms with Crippen molar-refractivity contribution in [1.29, 1.82) is 0 Å². The van der Waals surface area contributed by atoms with Gasteiger partial charge in [-0.1, -0.05) is 13.8 Å². The number of aromatic hydroxyl groups is 1. The average molecular weight is 409 g/mol. The topological polar surface area (TPSA) is 64.6 Å². The Morgan fingerprint density at radius 1 is 1.13 bits per heavy atom. The number of hydrogen-bond donors (Lipinski definition) is 2. The Morgan fingerprint density at radius 2 is 1.90 bits per heavy atom. The highest BCUT2D eigenvalue weighted by Crippen LogP contribution is 2.36. The molecule has 2 heterocycles. The van der Waals surface area contributed by atoms with E-state index in [-0.39, 0.29) is 5.75 Å². The number of nitrogens with zero attached hydrogens (tertiary/aromatic N) is 3. The van der Waals surface area contributed by atoms with Crippen LogP contribution < -0.4 is 9.64 Å². The zero-order chi connectivity index (χ0) is 21.3. The van der Waals surface area contributed by atoms with Crippen molar-refractivity contribution in [3.8, 4) is 22.9 Å². The van der Waals surface area contributed by atoms with E-state index in [1.165, 1.54) is 5.69 Å².